The quantitative estimate of drug-likeness (QED) is 0.817. The largest absolute Gasteiger partial charge is 0.507 e. The fourth-order valence-corrected chi connectivity index (χ4v) is 1.53. The number of hydrogen-bond acceptors (Lipinski definition) is 5. The summed E-state index contributed by atoms with van der Waals surface area (Å²) in [6.07, 6.45) is 1.55. The van der Waals surface area contributed by atoms with E-state index in [-0.39, 0.29) is 5.75 Å². The summed E-state index contributed by atoms with van der Waals surface area (Å²) in [5.74, 6) is 1.25. The number of anilines is 2. The van der Waals surface area contributed by atoms with Crippen LogP contribution >= 0.6 is 0 Å². The van der Waals surface area contributed by atoms with Crippen molar-refractivity contribution in [3.63, 3.8) is 0 Å². The van der Waals surface area contributed by atoms with Crippen LogP contribution in [0.15, 0.2) is 30.5 Å². The second kappa shape index (κ2) is 4.29. The second-order valence-electron chi connectivity index (χ2n) is 3.88. The number of aromatic nitrogens is 2. The van der Waals surface area contributed by atoms with E-state index < -0.39 is 0 Å². The SMILES string of the molecule is CN(C)c1nc(-c2ccccc2O)ncc1N. The molecule has 5 nitrogen and oxygen atoms in total. The molecule has 5 heteroatoms. The van der Waals surface area contributed by atoms with Crippen LogP contribution in [0.3, 0.4) is 0 Å². The van der Waals surface area contributed by atoms with E-state index in [1.54, 1.807) is 29.3 Å². The predicted octanol–water partition coefficient (Wildman–Crippen LogP) is 1.50. The average molecular weight is 230 g/mol. The van der Waals surface area contributed by atoms with Gasteiger partial charge in [0, 0.05) is 14.1 Å². The van der Waals surface area contributed by atoms with Crippen molar-refractivity contribution >= 4 is 11.5 Å². The van der Waals surface area contributed by atoms with Gasteiger partial charge in [0.15, 0.2) is 11.6 Å². The molecule has 0 saturated carbocycles. The highest BCUT2D eigenvalue weighted by Crippen LogP contribution is 2.28. The molecule has 3 N–H and O–H groups in total. The van der Waals surface area contributed by atoms with Crippen molar-refractivity contribution in [3.05, 3.63) is 30.5 Å². The number of hydrogen-bond donors (Lipinski definition) is 2. The summed E-state index contributed by atoms with van der Waals surface area (Å²) in [5.41, 5.74) is 6.88. The number of nitrogens with two attached hydrogens (primary N) is 1. The highest BCUT2D eigenvalue weighted by atomic mass is 16.3. The monoisotopic (exact) mass is 230 g/mol. The fourth-order valence-electron chi connectivity index (χ4n) is 1.53. The van der Waals surface area contributed by atoms with E-state index in [1.165, 1.54) is 0 Å². The van der Waals surface area contributed by atoms with Gasteiger partial charge in [-0.2, -0.15) is 0 Å². The number of para-hydroxylation sites is 1. The summed E-state index contributed by atoms with van der Waals surface area (Å²) in [6, 6.07) is 6.94. The first-order valence-electron chi connectivity index (χ1n) is 5.18. The Kier molecular flexibility index (Phi) is 2.82. The van der Waals surface area contributed by atoms with Gasteiger partial charge in [0.25, 0.3) is 0 Å². The van der Waals surface area contributed by atoms with Gasteiger partial charge in [0.05, 0.1) is 17.4 Å². The molecule has 88 valence electrons. The molecule has 2 rings (SSSR count). The first-order chi connectivity index (χ1) is 8.09. The zero-order chi connectivity index (χ0) is 12.4. The Labute approximate surface area is 99.6 Å². The molecular weight excluding hydrogens is 216 g/mol. The third-order valence-electron chi connectivity index (χ3n) is 2.36. The zero-order valence-electron chi connectivity index (χ0n) is 9.75. The summed E-state index contributed by atoms with van der Waals surface area (Å²) < 4.78 is 0. The van der Waals surface area contributed by atoms with Crippen LogP contribution in [-0.4, -0.2) is 29.2 Å². The van der Waals surface area contributed by atoms with E-state index in [0.29, 0.717) is 22.9 Å². The Bertz CT molecular complexity index is 540. The number of aromatic hydroxyl groups is 1. The van der Waals surface area contributed by atoms with Crippen LogP contribution < -0.4 is 10.6 Å². The maximum atomic E-state index is 9.74. The Hall–Kier alpha value is -2.30. The van der Waals surface area contributed by atoms with Gasteiger partial charge in [0.1, 0.15) is 5.75 Å². The van der Waals surface area contributed by atoms with Crippen molar-refractivity contribution in [2.75, 3.05) is 24.7 Å². The van der Waals surface area contributed by atoms with Crippen LogP contribution in [0.1, 0.15) is 0 Å². The molecule has 0 fully saturated rings. The maximum Gasteiger partial charge on any atom is 0.165 e. The van der Waals surface area contributed by atoms with Crippen molar-refractivity contribution < 1.29 is 5.11 Å². The van der Waals surface area contributed by atoms with Gasteiger partial charge < -0.3 is 15.7 Å². The average Bonchev–Trinajstić information content (AvgIpc) is 2.30. The molecule has 0 aliphatic heterocycles. The molecule has 0 amide bonds. The summed E-state index contributed by atoms with van der Waals surface area (Å²) in [7, 11) is 3.71. The first kappa shape index (κ1) is 11.2. The third-order valence-corrected chi connectivity index (χ3v) is 2.36. The molecule has 0 aliphatic rings. The third kappa shape index (κ3) is 2.13. The van der Waals surface area contributed by atoms with Gasteiger partial charge in [-0.25, -0.2) is 9.97 Å². The summed E-state index contributed by atoms with van der Waals surface area (Å²) in [5, 5.41) is 9.74. The van der Waals surface area contributed by atoms with Crippen LogP contribution in [0.4, 0.5) is 11.5 Å². The highest BCUT2D eigenvalue weighted by Gasteiger charge is 2.10. The van der Waals surface area contributed by atoms with Gasteiger partial charge in [-0.05, 0) is 12.1 Å². The molecule has 0 bridgehead atoms. The van der Waals surface area contributed by atoms with E-state index in [1.807, 2.05) is 20.2 Å². The van der Waals surface area contributed by atoms with Crippen molar-refractivity contribution in [3.8, 4) is 17.1 Å². The van der Waals surface area contributed by atoms with Crippen LogP contribution in [0.25, 0.3) is 11.4 Å². The summed E-state index contributed by atoms with van der Waals surface area (Å²) >= 11 is 0. The zero-order valence-corrected chi connectivity index (χ0v) is 9.75. The maximum absolute atomic E-state index is 9.74. The molecule has 1 heterocycles. The van der Waals surface area contributed by atoms with Crippen molar-refractivity contribution in [1.82, 2.24) is 9.97 Å². The highest BCUT2D eigenvalue weighted by molar-refractivity contribution is 5.69. The number of phenols is 1. The van der Waals surface area contributed by atoms with Gasteiger partial charge in [-0.15, -0.1) is 0 Å². The van der Waals surface area contributed by atoms with Gasteiger partial charge in [-0.3, -0.25) is 0 Å². The van der Waals surface area contributed by atoms with E-state index in [2.05, 4.69) is 9.97 Å². The van der Waals surface area contributed by atoms with Crippen molar-refractivity contribution in [2.45, 2.75) is 0 Å². The Balaban J connectivity index is 2.54. The number of nitrogen functional groups attached to an aromatic ring is 1. The molecular formula is C12H14N4O. The molecule has 0 spiro atoms. The number of nitrogens with zero attached hydrogens (tertiary/aromatic N) is 3. The Morgan fingerprint density at radius 2 is 1.94 bits per heavy atom. The molecule has 2 aromatic rings. The molecule has 0 aliphatic carbocycles. The lowest BCUT2D eigenvalue weighted by molar-refractivity contribution is 0.477. The van der Waals surface area contributed by atoms with Crippen LogP contribution in [0.5, 0.6) is 5.75 Å². The van der Waals surface area contributed by atoms with Crippen LogP contribution in [0.2, 0.25) is 0 Å². The molecule has 1 aromatic heterocycles. The van der Waals surface area contributed by atoms with E-state index >= 15 is 0 Å². The molecule has 1 aromatic carbocycles. The minimum atomic E-state index is 0.155. The van der Waals surface area contributed by atoms with Crippen LogP contribution in [0, 0.1) is 0 Å². The fraction of sp³-hybridized carbons (Fsp3) is 0.167. The number of phenolic OH excluding ortho intramolecular Hbond substituents is 1. The van der Waals surface area contributed by atoms with Gasteiger partial charge in [0.2, 0.25) is 0 Å². The lowest BCUT2D eigenvalue weighted by atomic mass is 10.2. The molecule has 17 heavy (non-hydrogen) atoms. The Morgan fingerprint density at radius 1 is 1.24 bits per heavy atom. The van der Waals surface area contributed by atoms with Gasteiger partial charge in [-0.1, -0.05) is 12.1 Å². The minimum absolute atomic E-state index is 0.155. The topological polar surface area (TPSA) is 75.3 Å². The molecule has 0 atom stereocenters. The lowest BCUT2D eigenvalue weighted by Crippen LogP contribution is -2.14. The standard InChI is InChI=1S/C12H14N4O/c1-16(2)12-9(13)7-14-11(15-12)8-5-3-4-6-10(8)17/h3-7,17H,13H2,1-2H3. The smallest absolute Gasteiger partial charge is 0.165 e. The number of rotatable bonds is 2. The normalized spacial score (nSPS) is 10.2. The second-order valence-corrected chi connectivity index (χ2v) is 3.88. The van der Waals surface area contributed by atoms with E-state index in [0.717, 1.165) is 0 Å². The molecule has 0 saturated heterocycles. The summed E-state index contributed by atoms with van der Waals surface area (Å²) in [6.45, 7) is 0. The first-order valence-corrected chi connectivity index (χ1v) is 5.18. The van der Waals surface area contributed by atoms with E-state index in [9.17, 15) is 5.11 Å². The lowest BCUT2D eigenvalue weighted by Gasteiger charge is -2.14. The van der Waals surface area contributed by atoms with E-state index in [4.69, 9.17) is 5.73 Å². The van der Waals surface area contributed by atoms with Crippen molar-refractivity contribution in [2.24, 2.45) is 0 Å². The number of benzene rings is 1. The summed E-state index contributed by atoms with van der Waals surface area (Å²) in [4.78, 5) is 10.3. The van der Waals surface area contributed by atoms with Crippen molar-refractivity contribution in [1.29, 1.82) is 0 Å². The van der Waals surface area contributed by atoms with Crippen LogP contribution in [-0.2, 0) is 0 Å². The molecule has 0 unspecified atom stereocenters. The Morgan fingerprint density at radius 3 is 2.59 bits per heavy atom. The minimum Gasteiger partial charge on any atom is -0.507 e. The molecule has 0 radical (unpaired) electrons. The van der Waals surface area contributed by atoms with Gasteiger partial charge >= 0.3 is 0 Å². The predicted molar refractivity (Wildman–Crippen MR) is 67.9 cm³/mol.